The first-order chi connectivity index (χ1) is 12.1. The van der Waals surface area contributed by atoms with Crippen LogP contribution in [0.1, 0.15) is 15.9 Å². The van der Waals surface area contributed by atoms with Crippen LogP contribution in [0.4, 0.5) is 0 Å². The number of thiophene rings is 1. The van der Waals surface area contributed by atoms with Crippen molar-refractivity contribution in [1.82, 2.24) is 4.98 Å². The molecule has 0 aliphatic heterocycles. The van der Waals surface area contributed by atoms with Gasteiger partial charge in [0.25, 0.3) is 5.56 Å². The Hall–Kier alpha value is -2.96. The Kier molecular flexibility index (Phi) is 3.63. The predicted octanol–water partition coefficient (Wildman–Crippen LogP) is 2.97. The number of aromatic amines is 1. The SMILES string of the molecule is NCc1ccc(-c2c(C(N)=O)ccc3[nH]c(=O)c4sccc4c23)cc1. The summed E-state index contributed by atoms with van der Waals surface area (Å²) in [5.74, 6) is -0.505. The summed E-state index contributed by atoms with van der Waals surface area (Å²) in [5.41, 5.74) is 14.9. The van der Waals surface area contributed by atoms with E-state index in [9.17, 15) is 9.59 Å². The quantitative estimate of drug-likeness (QED) is 0.530. The number of nitrogens with two attached hydrogens (primary N) is 2. The number of aromatic nitrogens is 1. The minimum absolute atomic E-state index is 0.131. The van der Waals surface area contributed by atoms with Crippen molar-refractivity contribution in [3.63, 3.8) is 0 Å². The summed E-state index contributed by atoms with van der Waals surface area (Å²) in [6.07, 6.45) is 0. The van der Waals surface area contributed by atoms with E-state index in [0.717, 1.165) is 27.5 Å². The summed E-state index contributed by atoms with van der Waals surface area (Å²) in [7, 11) is 0. The molecular formula is C19H15N3O2S. The highest BCUT2D eigenvalue weighted by atomic mass is 32.1. The van der Waals surface area contributed by atoms with E-state index in [-0.39, 0.29) is 5.56 Å². The fraction of sp³-hybridized carbons (Fsp3) is 0.0526. The number of carbonyl (C=O) groups is 1. The van der Waals surface area contributed by atoms with E-state index in [2.05, 4.69) is 4.98 Å². The summed E-state index contributed by atoms with van der Waals surface area (Å²) in [6, 6.07) is 13.0. The highest BCUT2D eigenvalue weighted by molar-refractivity contribution is 7.17. The van der Waals surface area contributed by atoms with Crippen LogP contribution in [-0.2, 0) is 6.54 Å². The van der Waals surface area contributed by atoms with Gasteiger partial charge in [0.15, 0.2) is 0 Å². The average Bonchev–Trinajstić information content (AvgIpc) is 3.11. The van der Waals surface area contributed by atoms with Crippen molar-refractivity contribution < 1.29 is 4.79 Å². The number of H-pyrrole nitrogens is 1. The van der Waals surface area contributed by atoms with Crippen molar-refractivity contribution in [2.45, 2.75) is 6.54 Å². The predicted molar refractivity (Wildman–Crippen MR) is 102 cm³/mol. The smallest absolute Gasteiger partial charge is 0.266 e. The molecule has 4 rings (SSSR count). The summed E-state index contributed by atoms with van der Waals surface area (Å²) < 4.78 is 0.633. The van der Waals surface area contributed by atoms with Crippen LogP contribution in [0, 0.1) is 0 Å². The second-order valence-electron chi connectivity index (χ2n) is 5.79. The molecule has 0 radical (unpaired) electrons. The molecule has 0 saturated carbocycles. The molecule has 0 atom stereocenters. The third-order valence-electron chi connectivity index (χ3n) is 4.34. The monoisotopic (exact) mass is 349 g/mol. The first kappa shape index (κ1) is 15.6. The van der Waals surface area contributed by atoms with Gasteiger partial charge in [-0.15, -0.1) is 11.3 Å². The van der Waals surface area contributed by atoms with Crippen molar-refractivity contribution in [1.29, 1.82) is 0 Å². The maximum Gasteiger partial charge on any atom is 0.266 e. The number of amides is 1. The van der Waals surface area contributed by atoms with Crippen molar-refractivity contribution in [2.75, 3.05) is 0 Å². The molecule has 4 aromatic rings. The Morgan fingerprint density at radius 1 is 1.08 bits per heavy atom. The van der Waals surface area contributed by atoms with Gasteiger partial charge in [0, 0.05) is 34.0 Å². The lowest BCUT2D eigenvalue weighted by atomic mass is 9.92. The Labute approximate surface area is 146 Å². The number of hydrogen-bond acceptors (Lipinski definition) is 4. The van der Waals surface area contributed by atoms with Gasteiger partial charge in [0.1, 0.15) is 4.70 Å². The van der Waals surface area contributed by atoms with E-state index in [1.54, 1.807) is 12.1 Å². The molecule has 5 N–H and O–H groups in total. The van der Waals surface area contributed by atoms with Gasteiger partial charge in [-0.25, -0.2) is 0 Å². The van der Waals surface area contributed by atoms with Gasteiger partial charge >= 0.3 is 0 Å². The lowest BCUT2D eigenvalue weighted by Crippen LogP contribution is -2.13. The summed E-state index contributed by atoms with van der Waals surface area (Å²) in [6.45, 7) is 0.445. The summed E-state index contributed by atoms with van der Waals surface area (Å²) >= 11 is 1.38. The third-order valence-corrected chi connectivity index (χ3v) is 5.25. The number of primary amides is 1. The van der Waals surface area contributed by atoms with Gasteiger partial charge < -0.3 is 16.5 Å². The normalized spacial score (nSPS) is 11.2. The Bertz CT molecular complexity index is 1170. The average molecular weight is 349 g/mol. The Balaban J connectivity index is 2.18. The summed E-state index contributed by atoms with van der Waals surface area (Å²) in [5, 5.41) is 3.52. The van der Waals surface area contributed by atoms with Crippen LogP contribution in [0.5, 0.6) is 0 Å². The maximum absolute atomic E-state index is 12.3. The van der Waals surface area contributed by atoms with Gasteiger partial charge in [0.05, 0.1) is 0 Å². The van der Waals surface area contributed by atoms with Crippen LogP contribution in [0.15, 0.2) is 52.6 Å². The number of hydrogen-bond donors (Lipinski definition) is 3. The molecule has 0 saturated heterocycles. The topological polar surface area (TPSA) is 102 Å². The molecule has 0 unspecified atom stereocenters. The van der Waals surface area contributed by atoms with Crippen molar-refractivity contribution in [3.8, 4) is 11.1 Å². The van der Waals surface area contributed by atoms with Gasteiger partial charge in [0.2, 0.25) is 5.91 Å². The molecule has 0 fully saturated rings. The van der Waals surface area contributed by atoms with E-state index >= 15 is 0 Å². The van der Waals surface area contributed by atoms with Gasteiger partial charge in [-0.3, -0.25) is 9.59 Å². The Morgan fingerprint density at radius 2 is 1.84 bits per heavy atom. The molecule has 5 nitrogen and oxygen atoms in total. The van der Waals surface area contributed by atoms with Gasteiger partial charge in [-0.2, -0.15) is 0 Å². The molecular weight excluding hydrogens is 334 g/mol. The molecule has 0 bridgehead atoms. The Morgan fingerprint density at radius 3 is 2.52 bits per heavy atom. The van der Waals surface area contributed by atoms with E-state index in [1.165, 1.54) is 11.3 Å². The minimum Gasteiger partial charge on any atom is -0.366 e. The minimum atomic E-state index is -0.505. The molecule has 0 spiro atoms. The fourth-order valence-electron chi connectivity index (χ4n) is 3.16. The zero-order valence-electron chi connectivity index (χ0n) is 13.2. The fourth-order valence-corrected chi connectivity index (χ4v) is 3.96. The van der Waals surface area contributed by atoms with Crippen LogP contribution >= 0.6 is 11.3 Å². The molecule has 2 aromatic carbocycles. The molecule has 1 amide bonds. The highest BCUT2D eigenvalue weighted by Gasteiger charge is 2.18. The van der Waals surface area contributed by atoms with Gasteiger partial charge in [-0.1, -0.05) is 24.3 Å². The largest absolute Gasteiger partial charge is 0.366 e. The molecule has 6 heteroatoms. The molecule has 25 heavy (non-hydrogen) atoms. The van der Waals surface area contributed by atoms with Crippen LogP contribution in [-0.4, -0.2) is 10.9 Å². The van der Waals surface area contributed by atoms with Crippen LogP contribution < -0.4 is 17.0 Å². The van der Waals surface area contributed by atoms with Gasteiger partial charge in [-0.05, 0) is 34.7 Å². The second-order valence-corrected chi connectivity index (χ2v) is 6.71. The standard InChI is InChI=1S/C19H15N3O2S/c20-9-10-1-3-11(4-2-10)15-13(18(21)23)5-6-14-16(15)12-7-8-25-17(12)19(24)22-14/h1-8H,9,20H2,(H2,21,23)(H,22,24). The second kappa shape index (κ2) is 5.84. The van der Waals surface area contributed by atoms with Crippen molar-refractivity contribution >= 4 is 38.2 Å². The maximum atomic E-state index is 12.3. The highest BCUT2D eigenvalue weighted by Crippen LogP contribution is 2.36. The number of pyridine rings is 1. The lowest BCUT2D eigenvalue weighted by molar-refractivity contribution is 0.100. The van der Waals surface area contributed by atoms with Crippen LogP contribution in [0.3, 0.4) is 0 Å². The van der Waals surface area contributed by atoms with Crippen molar-refractivity contribution in [3.05, 3.63) is 69.3 Å². The molecule has 0 aliphatic carbocycles. The molecule has 124 valence electrons. The van der Waals surface area contributed by atoms with Crippen molar-refractivity contribution in [2.24, 2.45) is 11.5 Å². The number of fused-ring (bicyclic) bond motifs is 3. The third kappa shape index (κ3) is 2.43. The zero-order valence-corrected chi connectivity index (χ0v) is 14.0. The first-order valence-electron chi connectivity index (χ1n) is 7.75. The van der Waals surface area contributed by atoms with Crippen LogP contribution in [0.2, 0.25) is 0 Å². The summed E-state index contributed by atoms with van der Waals surface area (Å²) in [4.78, 5) is 27.2. The number of benzene rings is 2. The zero-order chi connectivity index (χ0) is 17.6. The molecule has 2 aromatic heterocycles. The molecule has 0 aliphatic rings. The molecule has 2 heterocycles. The number of carbonyl (C=O) groups excluding carboxylic acids is 1. The van der Waals surface area contributed by atoms with E-state index in [1.807, 2.05) is 35.7 Å². The van der Waals surface area contributed by atoms with E-state index in [0.29, 0.717) is 22.3 Å². The number of nitrogens with one attached hydrogen (secondary N) is 1. The number of rotatable bonds is 3. The van der Waals surface area contributed by atoms with E-state index < -0.39 is 5.91 Å². The van der Waals surface area contributed by atoms with Crippen LogP contribution in [0.25, 0.3) is 32.1 Å². The lowest BCUT2D eigenvalue weighted by Gasteiger charge is -2.13. The van der Waals surface area contributed by atoms with E-state index in [4.69, 9.17) is 11.5 Å². The first-order valence-corrected chi connectivity index (χ1v) is 8.63.